The predicted molar refractivity (Wildman–Crippen MR) is 98.1 cm³/mol. The molecule has 3 heterocycles. The van der Waals surface area contributed by atoms with Gasteiger partial charge in [0.15, 0.2) is 0 Å². The molecule has 1 atom stereocenters. The number of hydrogen-bond donors (Lipinski definition) is 0. The van der Waals surface area contributed by atoms with Crippen molar-refractivity contribution in [3.63, 3.8) is 0 Å². The molecule has 0 spiro atoms. The second kappa shape index (κ2) is 6.72. The van der Waals surface area contributed by atoms with Crippen molar-refractivity contribution in [3.8, 4) is 0 Å². The summed E-state index contributed by atoms with van der Waals surface area (Å²) in [4.78, 5) is 31.4. The highest BCUT2D eigenvalue weighted by molar-refractivity contribution is 5.79. The molecule has 2 aromatic heterocycles. The van der Waals surface area contributed by atoms with Crippen LogP contribution in [0, 0.1) is 5.92 Å². The van der Waals surface area contributed by atoms with E-state index in [-0.39, 0.29) is 11.7 Å². The number of halogens is 3. The lowest BCUT2D eigenvalue weighted by Crippen LogP contribution is -2.39. The number of rotatable bonds is 3. The van der Waals surface area contributed by atoms with E-state index in [1.807, 2.05) is 0 Å². The van der Waals surface area contributed by atoms with Crippen LogP contribution in [0.3, 0.4) is 0 Å². The van der Waals surface area contributed by atoms with Crippen molar-refractivity contribution in [2.24, 2.45) is 20.0 Å². The Morgan fingerprint density at radius 1 is 1.11 bits per heavy atom. The van der Waals surface area contributed by atoms with Crippen LogP contribution in [0.5, 0.6) is 0 Å². The van der Waals surface area contributed by atoms with E-state index in [0.29, 0.717) is 16.2 Å². The number of fused-ring (bicyclic) bond motifs is 1. The lowest BCUT2D eigenvalue weighted by Gasteiger charge is -2.35. The van der Waals surface area contributed by atoms with Gasteiger partial charge in [0.25, 0.3) is 5.56 Å². The molecule has 1 aliphatic carbocycles. The van der Waals surface area contributed by atoms with Crippen molar-refractivity contribution in [1.29, 1.82) is 0 Å². The second-order valence-corrected chi connectivity index (χ2v) is 7.95. The first kappa shape index (κ1) is 19.2. The predicted octanol–water partition coefficient (Wildman–Crippen LogP) is 2.59. The Labute approximate surface area is 159 Å². The summed E-state index contributed by atoms with van der Waals surface area (Å²) in [6.07, 6.45) is 0.264. The van der Waals surface area contributed by atoms with Crippen LogP contribution in [0.25, 0.3) is 11.0 Å². The Kier molecular flexibility index (Phi) is 4.60. The van der Waals surface area contributed by atoms with Gasteiger partial charge in [-0.25, -0.2) is 9.78 Å². The number of pyridine rings is 1. The molecule has 152 valence electrons. The number of piperidine rings is 1. The van der Waals surface area contributed by atoms with Crippen molar-refractivity contribution in [2.75, 3.05) is 13.1 Å². The summed E-state index contributed by atoms with van der Waals surface area (Å²) in [6, 6.07) is 0.795. The van der Waals surface area contributed by atoms with Crippen LogP contribution in [-0.2, 0) is 20.3 Å². The maximum absolute atomic E-state index is 13.8. The fourth-order valence-electron chi connectivity index (χ4n) is 4.15. The summed E-state index contributed by atoms with van der Waals surface area (Å²) in [5.41, 5.74) is -2.57. The minimum Gasteiger partial charge on any atom is -0.294 e. The van der Waals surface area contributed by atoms with Crippen molar-refractivity contribution < 1.29 is 13.2 Å². The maximum atomic E-state index is 13.8. The van der Waals surface area contributed by atoms with Crippen LogP contribution in [-0.4, -0.2) is 32.1 Å². The lowest BCUT2D eigenvalue weighted by molar-refractivity contribution is -0.136. The fourth-order valence-corrected chi connectivity index (χ4v) is 4.15. The number of nitrogens with zero attached hydrogens (tertiary/aromatic N) is 4. The maximum Gasteiger partial charge on any atom is 0.417 e. The summed E-state index contributed by atoms with van der Waals surface area (Å²) >= 11 is 0. The first-order valence-electron chi connectivity index (χ1n) is 9.60. The summed E-state index contributed by atoms with van der Waals surface area (Å²) in [5.74, 6) is 0.611. The third kappa shape index (κ3) is 3.25. The van der Waals surface area contributed by atoms with Crippen LogP contribution < -0.4 is 11.2 Å². The average molecular weight is 396 g/mol. The van der Waals surface area contributed by atoms with Crippen LogP contribution >= 0.6 is 0 Å². The first-order chi connectivity index (χ1) is 13.2. The van der Waals surface area contributed by atoms with E-state index in [4.69, 9.17) is 0 Å². The zero-order chi connectivity index (χ0) is 20.2. The first-order valence-corrected chi connectivity index (χ1v) is 9.60. The van der Waals surface area contributed by atoms with Gasteiger partial charge in [-0.15, -0.1) is 0 Å². The molecule has 9 heteroatoms. The summed E-state index contributed by atoms with van der Waals surface area (Å²) in [6.45, 7) is 1.69. The van der Waals surface area contributed by atoms with Gasteiger partial charge in [-0.2, -0.15) is 13.2 Å². The van der Waals surface area contributed by atoms with Gasteiger partial charge in [0.05, 0.1) is 22.7 Å². The third-order valence-corrected chi connectivity index (χ3v) is 5.88. The Bertz CT molecular complexity index is 1040. The van der Waals surface area contributed by atoms with Crippen molar-refractivity contribution in [3.05, 3.63) is 38.2 Å². The Morgan fingerprint density at radius 3 is 2.46 bits per heavy atom. The van der Waals surface area contributed by atoms with E-state index in [0.717, 1.165) is 55.8 Å². The van der Waals surface area contributed by atoms with E-state index < -0.39 is 28.4 Å². The summed E-state index contributed by atoms with van der Waals surface area (Å²) < 4.78 is 43.3. The average Bonchev–Trinajstić information content (AvgIpc) is 3.47. The largest absolute Gasteiger partial charge is 0.417 e. The highest BCUT2D eigenvalue weighted by Gasteiger charge is 2.38. The molecule has 6 nitrogen and oxygen atoms in total. The standard InChI is InChI=1S/C19H23F3N4O2/c1-24-16-15(17(27)25(2)18(24)28)12(19(20,21)22)9-13(23-16)14-5-3-4-8-26(14)10-11-6-7-11/h9,11,14H,3-8,10H2,1-2H3. The molecule has 0 N–H and O–H groups in total. The molecule has 0 radical (unpaired) electrons. The highest BCUT2D eigenvalue weighted by atomic mass is 19.4. The van der Waals surface area contributed by atoms with Gasteiger partial charge in [-0.05, 0) is 44.2 Å². The summed E-state index contributed by atoms with van der Waals surface area (Å²) in [5, 5.41) is -0.551. The number of likely N-dealkylation sites (tertiary alicyclic amines) is 1. The third-order valence-electron chi connectivity index (χ3n) is 5.88. The van der Waals surface area contributed by atoms with Gasteiger partial charge in [-0.3, -0.25) is 18.8 Å². The molecule has 0 aromatic carbocycles. The van der Waals surface area contributed by atoms with Crippen LogP contribution in [0.15, 0.2) is 15.7 Å². The molecule has 1 saturated heterocycles. The van der Waals surface area contributed by atoms with E-state index in [1.54, 1.807) is 0 Å². The molecule has 2 fully saturated rings. The van der Waals surface area contributed by atoms with Gasteiger partial charge in [0, 0.05) is 20.6 Å². The fraction of sp³-hybridized carbons (Fsp3) is 0.632. The van der Waals surface area contributed by atoms with E-state index in [9.17, 15) is 22.8 Å². The smallest absolute Gasteiger partial charge is 0.294 e. The minimum atomic E-state index is -4.71. The molecular weight excluding hydrogens is 373 g/mol. The van der Waals surface area contributed by atoms with Crippen molar-refractivity contribution in [1.82, 2.24) is 19.0 Å². The van der Waals surface area contributed by atoms with Gasteiger partial charge in [0.2, 0.25) is 0 Å². The normalized spacial score (nSPS) is 21.4. The molecule has 28 heavy (non-hydrogen) atoms. The molecule has 0 amide bonds. The Hall–Kier alpha value is -2.16. The summed E-state index contributed by atoms with van der Waals surface area (Å²) in [7, 11) is 2.53. The van der Waals surface area contributed by atoms with E-state index in [2.05, 4.69) is 9.88 Å². The van der Waals surface area contributed by atoms with Gasteiger partial charge in [-0.1, -0.05) is 6.42 Å². The van der Waals surface area contributed by atoms with Crippen LogP contribution in [0.4, 0.5) is 13.2 Å². The molecule has 2 aromatic rings. The zero-order valence-corrected chi connectivity index (χ0v) is 15.9. The monoisotopic (exact) mass is 396 g/mol. The lowest BCUT2D eigenvalue weighted by atomic mass is 9.96. The number of alkyl halides is 3. The molecule has 1 unspecified atom stereocenters. The molecule has 1 saturated carbocycles. The number of aromatic nitrogens is 3. The Morgan fingerprint density at radius 2 is 1.82 bits per heavy atom. The quantitative estimate of drug-likeness (QED) is 0.800. The second-order valence-electron chi connectivity index (χ2n) is 7.95. The molecule has 4 rings (SSSR count). The zero-order valence-electron chi connectivity index (χ0n) is 15.9. The van der Waals surface area contributed by atoms with E-state index in [1.165, 1.54) is 14.1 Å². The highest BCUT2D eigenvalue weighted by Crippen LogP contribution is 2.39. The Balaban J connectivity index is 1.94. The topological polar surface area (TPSA) is 60.1 Å². The minimum absolute atomic E-state index is 0.199. The van der Waals surface area contributed by atoms with Crippen LogP contribution in [0.2, 0.25) is 0 Å². The van der Waals surface area contributed by atoms with Gasteiger partial charge in [0.1, 0.15) is 5.65 Å². The van der Waals surface area contributed by atoms with Gasteiger partial charge >= 0.3 is 11.9 Å². The SMILES string of the molecule is Cn1c(=O)c2c(C(F)(F)F)cc(C3CCCCN3CC3CC3)nc2n(C)c1=O. The van der Waals surface area contributed by atoms with E-state index >= 15 is 0 Å². The molecular formula is C19H23F3N4O2. The number of hydrogen-bond acceptors (Lipinski definition) is 4. The number of aryl methyl sites for hydroxylation is 1. The van der Waals surface area contributed by atoms with Crippen molar-refractivity contribution in [2.45, 2.75) is 44.3 Å². The molecule has 0 bridgehead atoms. The van der Waals surface area contributed by atoms with Gasteiger partial charge < -0.3 is 0 Å². The van der Waals surface area contributed by atoms with Crippen molar-refractivity contribution >= 4 is 11.0 Å². The molecule has 2 aliphatic rings. The molecule has 1 aliphatic heterocycles. The van der Waals surface area contributed by atoms with Crippen LogP contribution in [0.1, 0.15) is 49.4 Å².